The molecule has 1 heterocycles. The van der Waals surface area contributed by atoms with Crippen LogP contribution in [0.1, 0.15) is 16.8 Å². The Morgan fingerprint density at radius 2 is 2.00 bits per heavy atom. The second-order valence-electron chi connectivity index (χ2n) is 5.57. The number of nitrogens with one attached hydrogen (secondary N) is 2. The lowest BCUT2D eigenvalue weighted by atomic mass is 10.3. The van der Waals surface area contributed by atoms with Gasteiger partial charge in [0.1, 0.15) is 5.75 Å². The van der Waals surface area contributed by atoms with Gasteiger partial charge in [-0.3, -0.25) is 4.79 Å². The number of carbonyl (C=O) groups excluding carboxylic acids is 1. The summed E-state index contributed by atoms with van der Waals surface area (Å²) in [4.78, 5) is 22.4. The number of carbonyl (C=O) groups is 1. The predicted molar refractivity (Wildman–Crippen MR) is 93.8 cm³/mol. The van der Waals surface area contributed by atoms with Crippen molar-refractivity contribution in [3.63, 3.8) is 0 Å². The minimum absolute atomic E-state index is 0.165. The summed E-state index contributed by atoms with van der Waals surface area (Å²) >= 11 is 0. The van der Waals surface area contributed by atoms with Crippen LogP contribution in [0, 0.1) is 0 Å². The van der Waals surface area contributed by atoms with Crippen molar-refractivity contribution < 1.29 is 9.53 Å². The first kappa shape index (κ1) is 17.7. The van der Waals surface area contributed by atoms with Gasteiger partial charge in [-0.25, -0.2) is 9.97 Å². The average molecular weight is 329 g/mol. The summed E-state index contributed by atoms with van der Waals surface area (Å²) in [7, 11) is 5.62. The molecule has 2 rings (SSSR count). The molecule has 0 bridgehead atoms. The smallest absolute Gasteiger partial charge is 0.254 e. The minimum Gasteiger partial charge on any atom is -0.497 e. The van der Waals surface area contributed by atoms with E-state index in [1.807, 2.05) is 38.4 Å². The maximum absolute atomic E-state index is 12.0. The molecule has 0 spiro atoms. The van der Waals surface area contributed by atoms with Gasteiger partial charge in [0.05, 0.1) is 12.7 Å². The maximum Gasteiger partial charge on any atom is 0.254 e. The van der Waals surface area contributed by atoms with E-state index in [0.717, 1.165) is 24.4 Å². The topological polar surface area (TPSA) is 79.4 Å². The van der Waals surface area contributed by atoms with Crippen molar-refractivity contribution in [2.24, 2.45) is 0 Å². The van der Waals surface area contributed by atoms with E-state index in [9.17, 15) is 4.79 Å². The van der Waals surface area contributed by atoms with Crippen LogP contribution in [0.4, 0.5) is 11.6 Å². The number of ether oxygens (including phenoxy) is 1. The van der Waals surface area contributed by atoms with Gasteiger partial charge >= 0.3 is 0 Å². The second-order valence-corrected chi connectivity index (χ2v) is 5.57. The normalized spacial score (nSPS) is 10.5. The summed E-state index contributed by atoms with van der Waals surface area (Å²) < 4.78 is 5.17. The molecule has 0 radical (unpaired) electrons. The van der Waals surface area contributed by atoms with Crippen molar-refractivity contribution in [1.82, 2.24) is 20.2 Å². The van der Waals surface area contributed by atoms with Crippen LogP contribution >= 0.6 is 0 Å². The van der Waals surface area contributed by atoms with Crippen LogP contribution in [0.25, 0.3) is 0 Å². The van der Waals surface area contributed by atoms with Crippen LogP contribution < -0.4 is 15.4 Å². The molecule has 7 nitrogen and oxygen atoms in total. The van der Waals surface area contributed by atoms with Gasteiger partial charge in [0, 0.05) is 30.7 Å². The van der Waals surface area contributed by atoms with Gasteiger partial charge in [0.25, 0.3) is 5.91 Å². The van der Waals surface area contributed by atoms with Gasteiger partial charge < -0.3 is 20.3 Å². The summed E-state index contributed by atoms with van der Waals surface area (Å²) in [5.74, 6) is 1.00. The van der Waals surface area contributed by atoms with E-state index < -0.39 is 0 Å². The van der Waals surface area contributed by atoms with Crippen molar-refractivity contribution >= 4 is 17.5 Å². The number of hydrogen-bond donors (Lipinski definition) is 2. The van der Waals surface area contributed by atoms with Gasteiger partial charge in [-0.15, -0.1) is 0 Å². The number of benzene rings is 1. The molecule has 0 aliphatic heterocycles. The minimum atomic E-state index is -0.165. The molecular weight excluding hydrogens is 306 g/mol. The highest BCUT2D eigenvalue weighted by Crippen LogP contribution is 2.19. The summed E-state index contributed by atoms with van der Waals surface area (Å²) in [6.45, 7) is 1.56. The molecule has 0 saturated carbocycles. The molecule has 1 aromatic carbocycles. The first-order chi connectivity index (χ1) is 11.6. The third-order valence-corrected chi connectivity index (χ3v) is 3.31. The lowest BCUT2D eigenvalue weighted by Crippen LogP contribution is -2.27. The average Bonchev–Trinajstić information content (AvgIpc) is 2.59. The molecule has 1 amide bonds. The van der Waals surface area contributed by atoms with Crippen molar-refractivity contribution in [1.29, 1.82) is 0 Å². The first-order valence-electron chi connectivity index (χ1n) is 7.74. The Balaban J connectivity index is 1.88. The number of aromatic nitrogens is 2. The SMILES string of the molecule is COc1cccc(Nc2ncc(C(=O)NCCCN(C)C)cn2)c1. The molecule has 0 fully saturated rings. The van der Waals surface area contributed by atoms with Crippen molar-refractivity contribution in [2.75, 3.05) is 39.6 Å². The number of hydrogen-bond acceptors (Lipinski definition) is 6. The van der Waals surface area contributed by atoms with Crippen LogP contribution in [0.15, 0.2) is 36.7 Å². The number of anilines is 2. The Kier molecular flexibility index (Phi) is 6.51. The van der Waals surface area contributed by atoms with Gasteiger partial charge in [0.15, 0.2) is 0 Å². The third kappa shape index (κ3) is 5.51. The van der Waals surface area contributed by atoms with Crippen molar-refractivity contribution in [2.45, 2.75) is 6.42 Å². The predicted octanol–water partition coefficient (Wildman–Crippen LogP) is 1.91. The van der Waals surface area contributed by atoms with E-state index in [1.54, 1.807) is 7.11 Å². The van der Waals surface area contributed by atoms with Crippen LogP contribution in [-0.4, -0.2) is 55.1 Å². The highest BCUT2D eigenvalue weighted by molar-refractivity contribution is 5.93. The molecule has 0 atom stereocenters. The van der Waals surface area contributed by atoms with E-state index in [0.29, 0.717) is 18.1 Å². The molecule has 2 N–H and O–H groups in total. The Bertz CT molecular complexity index is 658. The Hall–Kier alpha value is -2.67. The third-order valence-electron chi connectivity index (χ3n) is 3.31. The molecule has 128 valence electrons. The van der Waals surface area contributed by atoms with Gasteiger partial charge in [-0.2, -0.15) is 0 Å². The monoisotopic (exact) mass is 329 g/mol. The molecule has 0 aliphatic carbocycles. The molecular formula is C17H23N5O2. The lowest BCUT2D eigenvalue weighted by molar-refractivity contribution is 0.0951. The maximum atomic E-state index is 12.0. The van der Waals surface area contributed by atoms with Gasteiger partial charge in [0.2, 0.25) is 5.95 Å². The molecule has 0 aliphatic rings. The zero-order valence-electron chi connectivity index (χ0n) is 14.2. The summed E-state index contributed by atoms with van der Waals surface area (Å²) in [6.07, 6.45) is 3.92. The number of nitrogens with zero attached hydrogens (tertiary/aromatic N) is 3. The molecule has 1 aromatic heterocycles. The first-order valence-corrected chi connectivity index (χ1v) is 7.74. The molecule has 0 unspecified atom stereocenters. The number of amides is 1. The van der Waals surface area contributed by atoms with Gasteiger partial charge in [-0.05, 0) is 39.2 Å². The Labute approximate surface area is 142 Å². The van der Waals surface area contributed by atoms with E-state index in [1.165, 1.54) is 12.4 Å². The highest BCUT2D eigenvalue weighted by atomic mass is 16.5. The second kappa shape index (κ2) is 8.83. The lowest BCUT2D eigenvalue weighted by Gasteiger charge is -2.10. The van der Waals surface area contributed by atoms with Crippen LogP contribution in [0.2, 0.25) is 0 Å². The summed E-state index contributed by atoms with van der Waals surface area (Å²) in [5, 5.41) is 5.93. The van der Waals surface area contributed by atoms with E-state index in [-0.39, 0.29) is 5.91 Å². The summed E-state index contributed by atoms with van der Waals surface area (Å²) in [5.41, 5.74) is 1.26. The highest BCUT2D eigenvalue weighted by Gasteiger charge is 2.07. The Morgan fingerprint density at radius 1 is 1.25 bits per heavy atom. The van der Waals surface area contributed by atoms with Crippen LogP contribution in [-0.2, 0) is 0 Å². The quantitative estimate of drug-likeness (QED) is 0.720. The zero-order chi connectivity index (χ0) is 17.4. The van der Waals surface area contributed by atoms with Crippen LogP contribution in [0.5, 0.6) is 5.75 Å². The number of rotatable bonds is 8. The fourth-order valence-electron chi connectivity index (χ4n) is 2.04. The molecule has 7 heteroatoms. The number of methoxy groups -OCH3 is 1. The van der Waals surface area contributed by atoms with E-state index in [2.05, 4.69) is 25.5 Å². The fourth-order valence-corrected chi connectivity index (χ4v) is 2.04. The zero-order valence-corrected chi connectivity index (χ0v) is 14.2. The fraction of sp³-hybridized carbons (Fsp3) is 0.353. The van der Waals surface area contributed by atoms with E-state index in [4.69, 9.17) is 4.74 Å². The standard InChI is InChI=1S/C17H23N5O2/c1-22(2)9-5-8-18-16(23)13-11-19-17(20-12-13)21-14-6-4-7-15(10-14)24-3/h4,6-7,10-12H,5,8-9H2,1-3H3,(H,18,23)(H,19,20,21). The molecule has 2 aromatic rings. The van der Waals surface area contributed by atoms with E-state index >= 15 is 0 Å². The van der Waals surface area contributed by atoms with Crippen molar-refractivity contribution in [3.8, 4) is 5.75 Å². The van der Waals surface area contributed by atoms with Crippen molar-refractivity contribution in [3.05, 3.63) is 42.2 Å². The summed E-state index contributed by atoms with van der Waals surface area (Å²) in [6, 6.07) is 7.46. The molecule has 24 heavy (non-hydrogen) atoms. The Morgan fingerprint density at radius 3 is 2.67 bits per heavy atom. The largest absolute Gasteiger partial charge is 0.497 e. The molecule has 0 saturated heterocycles. The van der Waals surface area contributed by atoms with Crippen LogP contribution in [0.3, 0.4) is 0 Å². The van der Waals surface area contributed by atoms with Gasteiger partial charge in [-0.1, -0.05) is 6.07 Å².